The molecular formula is C44H39ClN4O6. The van der Waals surface area contributed by atoms with Gasteiger partial charge in [0.25, 0.3) is 0 Å². The van der Waals surface area contributed by atoms with Gasteiger partial charge in [-0.05, 0) is 70.6 Å². The van der Waals surface area contributed by atoms with Gasteiger partial charge in [0.05, 0.1) is 28.7 Å². The highest BCUT2D eigenvalue weighted by Crippen LogP contribution is 2.37. The number of carboxylic acid groups (broad SMARTS) is 1. The van der Waals surface area contributed by atoms with E-state index in [0.29, 0.717) is 53.1 Å². The quantitative estimate of drug-likeness (QED) is 0.107. The molecular weight excluding hydrogens is 716 g/mol. The Morgan fingerprint density at radius 1 is 0.909 bits per heavy atom. The van der Waals surface area contributed by atoms with Gasteiger partial charge in [-0.15, -0.1) is 0 Å². The van der Waals surface area contributed by atoms with E-state index in [0.717, 1.165) is 44.9 Å². The van der Waals surface area contributed by atoms with Crippen molar-refractivity contribution in [1.29, 1.82) is 5.26 Å². The minimum atomic E-state index is -1.01. The number of fused-ring (bicyclic) bond motifs is 1. The van der Waals surface area contributed by atoms with Crippen molar-refractivity contribution in [2.75, 3.05) is 13.2 Å². The van der Waals surface area contributed by atoms with Gasteiger partial charge in [-0.25, -0.2) is 4.98 Å². The second kappa shape index (κ2) is 17.2. The van der Waals surface area contributed by atoms with Gasteiger partial charge in [0.15, 0.2) is 11.5 Å². The van der Waals surface area contributed by atoms with Crippen LogP contribution in [0.25, 0.3) is 11.1 Å². The molecule has 10 nitrogen and oxygen atoms in total. The predicted octanol–water partition coefficient (Wildman–Crippen LogP) is 8.15. The van der Waals surface area contributed by atoms with Crippen LogP contribution in [0, 0.1) is 18.3 Å². The molecule has 1 aromatic heterocycles. The zero-order valence-corrected chi connectivity index (χ0v) is 31.0. The number of nitrogens with one attached hydrogen (secondary N) is 1. The second-order valence-corrected chi connectivity index (χ2v) is 13.6. The number of ether oxygens (including phenoxy) is 4. The highest BCUT2D eigenvalue weighted by atomic mass is 35.5. The van der Waals surface area contributed by atoms with Gasteiger partial charge in [0.1, 0.15) is 44.0 Å². The standard InChI is InChI=1S/C44H39ClN4O6/c1-29-34(11-6-12-37(29)33-13-14-40-43(19-33)53-16-15-52-40)27-55-42-21-41(54-26-32-10-5-9-31(17-32)22-46)35(18-38(42)45)23-47-39(44(50)51)20-36-25-49(28-48-36)24-30-7-3-2-4-8-30/h2-14,17-19,21,25,28,39,47H,15-16,20,23-24,26-27H2,1H3,(H,50,51). The fraction of sp³-hybridized carbons (Fsp3) is 0.205. The molecule has 2 N–H and O–H groups in total. The van der Waals surface area contributed by atoms with Crippen LogP contribution in [0.2, 0.25) is 5.02 Å². The van der Waals surface area contributed by atoms with E-state index in [9.17, 15) is 15.2 Å². The minimum absolute atomic E-state index is 0.145. The molecule has 0 fully saturated rings. The number of carboxylic acids is 1. The smallest absolute Gasteiger partial charge is 0.321 e. The molecule has 0 bridgehead atoms. The van der Waals surface area contributed by atoms with Crippen LogP contribution in [0.1, 0.15) is 39.1 Å². The van der Waals surface area contributed by atoms with Crippen LogP contribution in [0.15, 0.2) is 116 Å². The summed E-state index contributed by atoms with van der Waals surface area (Å²) in [7, 11) is 0. The molecule has 0 saturated heterocycles. The summed E-state index contributed by atoms with van der Waals surface area (Å²) in [5.41, 5.74) is 7.82. The van der Waals surface area contributed by atoms with Crippen molar-refractivity contribution in [2.24, 2.45) is 0 Å². The normalized spacial score (nSPS) is 12.5. The molecule has 11 heteroatoms. The Morgan fingerprint density at radius 3 is 2.51 bits per heavy atom. The maximum absolute atomic E-state index is 12.4. The molecule has 0 spiro atoms. The van der Waals surface area contributed by atoms with Gasteiger partial charge in [-0.2, -0.15) is 5.26 Å². The summed E-state index contributed by atoms with van der Waals surface area (Å²) >= 11 is 6.84. The topological polar surface area (TPSA) is 128 Å². The van der Waals surface area contributed by atoms with E-state index in [-0.39, 0.29) is 26.2 Å². The van der Waals surface area contributed by atoms with E-state index in [1.165, 1.54) is 0 Å². The third kappa shape index (κ3) is 9.27. The van der Waals surface area contributed by atoms with Crippen LogP contribution < -0.4 is 24.3 Å². The summed E-state index contributed by atoms with van der Waals surface area (Å²) < 4.78 is 26.1. The monoisotopic (exact) mass is 754 g/mol. The van der Waals surface area contributed by atoms with E-state index >= 15 is 0 Å². The van der Waals surface area contributed by atoms with Crippen molar-refractivity contribution in [3.63, 3.8) is 0 Å². The van der Waals surface area contributed by atoms with Crippen LogP contribution in [0.4, 0.5) is 0 Å². The van der Waals surface area contributed by atoms with Crippen molar-refractivity contribution in [3.8, 4) is 40.2 Å². The Bertz CT molecular complexity index is 2340. The van der Waals surface area contributed by atoms with Crippen molar-refractivity contribution in [1.82, 2.24) is 14.9 Å². The number of rotatable bonds is 15. The molecule has 55 heavy (non-hydrogen) atoms. The first kappa shape index (κ1) is 37.1. The van der Waals surface area contributed by atoms with E-state index in [1.807, 2.05) is 77.5 Å². The zero-order valence-electron chi connectivity index (χ0n) is 30.2. The number of hydrogen-bond acceptors (Lipinski definition) is 8. The number of imidazole rings is 1. The molecule has 1 aliphatic heterocycles. The van der Waals surface area contributed by atoms with Crippen molar-refractivity contribution < 1.29 is 28.8 Å². The molecule has 0 aliphatic carbocycles. The molecule has 0 saturated carbocycles. The van der Waals surface area contributed by atoms with Crippen molar-refractivity contribution >= 4 is 17.6 Å². The summed E-state index contributed by atoms with van der Waals surface area (Å²) in [6, 6.07) is 33.9. The molecule has 0 amide bonds. The summed E-state index contributed by atoms with van der Waals surface area (Å²) in [4.78, 5) is 16.9. The van der Waals surface area contributed by atoms with Crippen LogP contribution >= 0.6 is 11.6 Å². The van der Waals surface area contributed by atoms with E-state index in [1.54, 1.807) is 36.7 Å². The molecule has 7 rings (SSSR count). The Kier molecular flexibility index (Phi) is 11.6. The van der Waals surface area contributed by atoms with Crippen LogP contribution in [0.3, 0.4) is 0 Å². The molecule has 6 aromatic rings. The number of hydrogen-bond donors (Lipinski definition) is 2. The van der Waals surface area contributed by atoms with Gasteiger partial charge in [-0.1, -0.05) is 78.3 Å². The predicted molar refractivity (Wildman–Crippen MR) is 209 cm³/mol. The SMILES string of the molecule is Cc1c(COc2cc(OCc3cccc(C#N)c3)c(CNC(Cc3cn(Cc4ccccc4)cn3)C(=O)O)cc2Cl)cccc1-c1ccc2c(c1)OCCO2. The van der Waals surface area contributed by atoms with E-state index in [2.05, 4.69) is 29.4 Å². The van der Waals surface area contributed by atoms with Gasteiger partial charge in [0.2, 0.25) is 0 Å². The first-order valence-electron chi connectivity index (χ1n) is 17.9. The van der Waals surface area contributed by atoms with Gasteiger partial charge in [0, 0.05) is 37.3 Å². The molecule has 1 unspecified atom stereocenters. The highest BCUT2D eigenvalue weighted by molar-refractivity contribution is 6.32. The fourth-order valence-electron chi connectivity index (χ4n) is 6.45. The van der Waals surface area contributed by atoms with Crippen molar-refractivity contribution in [3.05, 3.63) is 160 Å². The van der Waals surface area contributed by atoms with Gasteiger partial charge in [-0.3, -0.25) is 10.1 Å². The number of nitrogens with zero attached hydrogens (tertiary/aromatic N) is 3. The third-order valence-corrected chi connectivity index (χ3v) is 9.69. The average molecular weight is 755 g/mol. The summed E-state index contributed by atoms with van der Waals surface area (Å²) in [6.45, 7) is 4.28. The molecule has 278 valence electrons. The highest BCUT2D eigenvalue weighted by Gasteiger charge is 2.21. The first-order valence-corrected chi connectivity index (χ1v) is 18.3. The van der Waals surface area contributed by atoms with Crippen molar-refractivity contribution in [2.45, 2.75) is 45.7 Å². The molecule has 2 heterocycles. The molecule has 1 aliphatic rings. The van der Waals surface area contributed by atoms with Crippen LogP contribution in [0.5, 0.6) is 23.0 Å². The average Bonchev–Trinajstić information content (AvgIpc) is 3.65. The number of aromatic nitrogens is 2. The molecule has 1 atom stereocenters. The Balaban J connectivity index is 1.09. The summed E-state index contributed by atoms with van der Waals surface area (Å²) in [5.74, 6) is 1.33. The number of nitriles is 1. The fourth-order valence-corrected chi connectivity index (χ4v) is 6.69. The van der Waals surface area contributed by atoms with Gasteiger partial charge >= 0.3 is 5.97 Å². The zero-order chi connectivity index (χ0) is 38.1. The molecule has 5 aromatic carbocycles. The summed E-state index contributed by atoms with van der Waals surface area (Å²) in [6.07, 6.45) is 3.75. The minimum Gasteiger partial charge on any atom is -0.488 e. The number of halogens is 1. The Hall–Kier alpha value is -6.28. The lowest BCUT2D eigenvalue weighted by atomic mass is 9.96. The number of aliphatic carboxylic acids is 1. The largest absolute Gasteiger partial charge is 0.488 e. The van der Waals surface area contributed by atoms with E-state index < -0.39 is 12.0 Å². The number of benzene rings is 5. The van der Waals surface area contributed by atoms with Gasteiger partial charge < -0.3 is 28.6 Å². The molecule has 0 radical (unpaired) electrons. The maximum Gasteiger partial charge on any atom is 0.321 e. The third-order valence-electron chi connectivity index (χ3n) is 9.39. The Labute approximate surface area is 324 Å². The van der Waals surface area contributed by atoms with E-state index in [4.69, 9.17) is 30.5 Å². The lowest BCUT2D eigenvalue weighted by Crippen LogP contribution is -2.38. The van der Waals surface area contributed by atoms with Crippen LogP contribution in [-0.4, -0.2) is 39.9 Å². The first-order chi connectivity index (χ1) is 26.8. The second-order valence-electron chi connectivity index (χ2n) is 13.2. The maximum atomic E-state index is 12.4. The van der Waals surface area contributed by atoms with Crippen LogP contribution in [-0.2, 0) is 37.5 Å². The lowest BCUT2D eigenvalue weighted by Gasteiger charge is -2.20. The summed E-state index contributed by atoms with van der Waals surface area (Å²) in [5, 5.41) is 23.1. The Morgan fingerprint density at radius 2 is 1.69 bits per heavy atom. The lowest BCUT2D eigenvalue weighted by molar-refractivity contribution is -0.139. The number of carbonyl (C=O) groups is 1.